The minimum absolute atomic E-state index is 0.452. The van der Waals surface area contributed by atoms with Crippen LogP contribution in [0.5, 0.6) is 10.9 Å². The molecule has 1 aromatic carbocycles. The number of aromatic nitrogens is 2. The van der Waals surface area contributed by atoms with Gasteiger partial charge in [0.1, 0.15) is 10.8 Å². The number of nitrogens with one attached hydrogen (secondary N) is 1. The quantitative estimate of drug-likeness (QED) is 0.813. The smallest absolute Gasteiger partial charge is 0.299 e. The van der Waals surface area contributed by atoms with E-state index in [0.717, 1.165) is 18.0 Å². The SMILES string of the molecule is CCCNCc1nnc(Oc2ccc(Cl)cc2Cl)s1. The van der Waals surface area contributed by atoms with Crippen molar-refractivity contribution in [2.24, 2.45) is 0 Å². The fraction of sp³-hybridized carbons (Fsp3) is 0.333. The van der Waals surface area contributed by atoms with Crippen molar-refractivity contribution < 1.29 is 4.74 Å². The summed E-state index contributed by atoms with van der Waals surface area (Å²) in [7, 11) is 0. The summed E-state index contributed by atoms with van der Waals surface area (Å²) in [6.07, 6.45) is 1.09. The molecule has 0 radical (unpaired) electrons. The molecule has 0 aliphatic carbocycles. The number of halogens is 2. The molecule has 0 unspecified atom stereocenters. The molecule has 0 fully saturated rings. The lowest BCUT2D eigenvalue weighted by Gasteiger charge is -2.03. The molecule has 0 atom stereocenters. The fourth-order valence-corrected chi connectivity index (χ4v) is 2.49. The molecule has 1 heterocycles. The summed E-state index contributed by atoms with van der Waals surface area (Å²) < 4.78 is 5.58. The molecule has 1 aromatic heterocycles. The molecule has 4 nitrogen and oxygen atoms in total. The maximum atomic E-state index is 6.02. The van der Waals surface area contributed by atoms with Gasteiger partial charge in [-0.15, -0.1) is 5.10 Å². The highest BCUT2D eigenvalue weighted by Gasteiger charge is 2.09. The molecular weight excluding hydrogens is 305 g/mol. The molecule has 0 saturated carbocycles. The van der Waals surface area contributed by atoms with E-state index >= 15 is 0 Å². The first-order valence-corrected chi connectivity index (χ1v) is 7.42. The van der Waals surface area contributed by atoms with Crippen LogP contribution in [0.25, 0.3) is 0 Å². The minimum atomic E-state index is 0.452. The van der Waals surface area contributed by atoms with Crippen molar-refractivity contribution in [3.63, 3.8) is 0 Å². The van der Waals surface area contributed by atoms with Crippen molar-refractivity contribution in [1.82, 2.24) is 15.5 Å². The maximum absolute atomic E-state index is 6.02. The molecule has 0 saturated heterocycles. The molecular formula is C12H13Cl2N3OS. The van der Waals surface area contributed by atoms with Gasteiger partial charge in [-0.2, -0.15) is 0 Å². The second kappa shape index (κ2) is 7.05. The van der Waals surface area contributed by atoms with E-state index in [1.165, 1.54) is 11.3 Å². The summed E-state index contributed by atoms with van der Waals surface area (Å²) in [5.74, 6) is 0.523. The van der Waals surface area contributed by atoms with Crippen LogP contribution >= 0.6 is 34.5 Å². The standard InChI is InChI=1S/C12H13Cl2N3OS/c1-2-5-15-7-11-16-17-12(19-11)18-10-4-3-8(13)6-9(10)14/h3-4,6,15H,2,5,7H2,1H3. The largest absolute Gasteiger partial charge is 0.428 e. The first-order valence-electron chi connectivity index (χ1n) is 5.85. The summed E-state index contributed by atoms with van der Waals surface area (Å²) in [5.41, 5.74) is 0. The van der Waals surface area contributed by atoms with Crippen molar-refractivity contribution in [3.05, 3.63) is 33.3 Å². The van der Waals surface area contributed by atoms with Gasteiger partial charge >= 0.3 is 0 Å². The molecule has 0 spiro atoms. The van der Waals surface area contributed by atoms with Crippen LogP contribution in [0.3, 0.4) is 0 Å². The topological polar surface area (TPSA) is 47.0 Å². The van der Waals surface area contributed by atoms with Gasteiger partial charge in [-0.1, -0.05) is 46.6 Å². The number of ether oxygens (including phenoxy) is 1. The highest BCUT2D eigenvalue weighted by molar-refractivity contribution is 7.13. The number of hydrogen-bond acceptors (Lipinski definition) is 5. The molecule has 0 aliphatic heterocycles. The molecule has 7 heteroatoms. The lowest BCUT2D eigenvalue weighted by atomic mass is 10.3. The average molecular weight is 318 g/mol. The second-order valence-corrected chi connectivity index (χ2v) is 5.68. The second-order valence-electron chi connectivity index (χ2n) is 3.82. The van der Waals surface area contributed by atoms with Crippen LogP contribution in [-0.4, -0.2) is 16.7 Å². The van der Waals surface area contributed by atoms with Crippen molar-refractivity contribution in [2.45, 2.75) is 19.9 Å². The van der Waals surface area contributed by atoms with Crippen LogP contribution in [0, 0.1) is 0 Å². The molecule has 0 amide bonds. The molecule has 0 aliphatic rings. The first kappa shape index (κ1) is 14.5. The number of rotatable bonds is 6. The molecule has 2 aromatic rings. The third kappa shape index (κ3) is 4.31. The van der Waals surface area contributed by atoms with Crippen LogP contribution in [0.4, 0.5) is 0 Å². The zero-order valence-corrected chi connectivity index (χ0v) is 12.6. The van der Waals surface area contributed by atoms with E-state index in [0.29, 0.717) is 27.5 Å². The molecule has 0 bridgehead atoms. The Morgan fingerprint density at radius 2 is 2.16 bits per heavy atom. The summed E-state index contributed by atoms with van der Waals surface area (Å²) in [4.78, 5) is 0. The van der Waals surface area contributed by atoms with E-state index < -0.39 is 0 Å². The third-order valence-electron chi connectivity index (χ3n) is 2.24. The minimum Gasteiger partial charge on any atom is -0.428 e. The van der Waals surface area contributed by atoms with Crippen molar-refractivity contribution in [3.8, 4) is 10.9 Å². The highest BCUT2D eigenvalue weighted by atomic mass is 35.5. The Balaban J connectivity index is 1.99. The van der Waals surface area contributed by atoms with Gasteiger partial charge in [0.05, 0.1) is 5.02 Å². The lowest BCUT2D eigenvalue weighted by molar-refractivity contribution is 0.473. The highest BCUT2D eigenvalue weighted by Crippen LogP contribution is 2.32. The van der Waals surface area contributed by atoms with Gasteiger partial charge in [0.25, 0.3) is 5.19 Å². The van der Waals surface area contributed by atoms with E-state index in [-0.39, 0.29) is 0 Å². The Bertz CT molecular complexity index is 548. The van der Waals surface area contributed by atoms with Crippen molar-refractivity contribution >= 4 is 34.5 Å². The van der Waals surface area contributed by atoms with Gasteiger partial charge in [0.15, 0.2) is 0 Å². The summed E-state index contributed by atoms with van der Waals surface area (Å²) >= 11 is 13.2. The molecule has 102 valence electrons. The van der Waals surface area contributed by atoms with Gasteiger partial charge in [0, 0.05) is 11.6 Å². The predicted molar refractivity (Wildman–Crippen MR) is 78.4 cm³/mol. The Hall–Kier alpha value is -0.880. The molecule has 19 heavy (non-hydrogen) atoms. The van der Waals surface area contributed by atoms with Gasteiger partial charge in [-0.25, -0.2) is 0 Å². The van der Waals surface area contributed by atoms with Crippen LogP contribution in [-0.2, 0) is 6.54 Å². The van der Waals surface area contributed by atoms with E-state index in [4.69, 9.17) is 27.9 Å². The Morgan fingerprint density at radius 3 is 2.89 bits per heavy atom. The normalized spacial score (nSPS) is 10.7. The Kier molecular flexibility index (Phi) is 5.39. The van der Waals surface area contributed by atoms with E-state index in [1.807, 2.05) is 0 Å². The summed E-state index contributed by atoms with van der Waals surface area (Å²) in [6, 6.07) is 5.05. The van der Waals surface area contributed by atoms with Crippen LogP contribution in [0.15, 0.2) is 18.2 Å². The Labute approximate surface area is 125 Å². The van der Waals surface area contributed by atoms with E-state index in [1.54, 1.807) is 18.2 Å². The van der Waals surface area contributed by atoms with Crippen LogP contribution in [0.1, 0.15) is 18.4 Å². The molecule has 2 rings (SSSR count). The summed E-state index contributed by atoms with van der Waals surface area (Å²) in [5, 5.41) is 13.6. The van der Waals surface area contributed by atoms with Crippen molar-refractivity contribution in [1.29, 1.82) is 0 Å². The van der Waals surface area contributed by atoms with Gasteiger partial charge in [0.2, 0.25) is 0 Å². The fourth-order valence-electron chi connectivity index (χ4n) is 1.38. The number of benzene rings is 1. The lowest BCUT2D eigenvalue weighted by Crippen LogP contribution is -2.13. The number of hydrogen-bond donors (Lipinski definition) is 1. The zero-order chi connectivity index (χ0) is 13.7. The average Bonchev–Trinajstić information content (AvgIpc) is 2.81. The maximum Gasteiger partial charge on any atom is 0.299 e. The summed E-state index contributed by atoms with van der Waals surface area (Å²) in [6.45, 7) is 3.77. The first-order chi connectivity index (χ1) is 9.19. The third-order valence-corrected chi connectivity index (χ3v) is 3.57. The van der Waals surface area contributed by atoms with Gasteiger partial charge in [-0.3, -0.25) is 0 Å². The number of nitrogens with zero attached hydrogens (tertiary/aromatic N) is 2. The van der Waals surface area contributed by atoms with E-state index in [2.05, 4.69) is 22.4 Å². The van der Waals surface area contributed by atoms with Gasteiger partial charge in [-0.05, 0) is 31.2 Å². The molecule has 1 N–H and O–H groups in total. The zero-order valence-electron chi connectivity index (χ0n) is 10.3. The van der Waals surface area contributed by atoms with Crippen LogP contribution in [0.2, 0.25) is 10.0 Å². The Morgan fingerprint density at radius 1 is 1.32 bits per heavy atom. The van der Waals surface area contributed by atoms with Gasteiger partial charge < -0.3 is 10.1 Å². The van der Waals surface area contributed by atoms with Crippen molar-refractivity contribution in [2.75, 3.05) is 6.54 Å². The monoisotopic (exact) mass is 317 g/mol. The predicted octanol–water partition coefficient (Wildman–Crippen LogP) is 4.14. The van der Waals surface area contributed by atoms with Crippen LogP contribution < -0.4 is 10.1 Å². The van der Waals surface area contributed by atoms with E-state index in [9.17, 15) is 0 Å².